The Morgan fingerprint density at radius 3 is 2.80 bits per heavy atom. The summed E-state index contributed by atoms with van der Waals surface area (Å²) in [6.45, 7) is 2.25. The second kappa shape index (κ2) is 5.56. The topological polar surface area (TPSA) is 17.1 Å². The van der Waals surface area contributed by atoms with Crippen LogP contribution in [0.1, 0.15) is 66.9 Å². The number of ketones is 1. The molecular weight excluding hydrogens is 304 g/mol. The largest absolute Gasteiger partial charge is 0.294 e. The number of carbonyl (C=O) groups is 1. The molecule has 2 aromatic carbocycles. The summed E-state index contributed by atoms with van der Waals surface area (Å²) >= 11 is 0. The van der Waals surface area contributed by atoms with Crippen LogP contribution in [-0.4, -0.2) is 5.78 Å². The Morgan fingerprint density at radius 2 is 2.04 bits per heavy atom. The first-order valence-electron chi connectivity index (χ1n) is 9.98. The summed E-state index contributed by atoms with van der Waals surface area (Å²) in [6, 6.07) is 11.4. The number of benzene rings is 2. The first-order valence-corrected chi connectivity index (χ1v) is 9.98. The highest BCUT2D eigenvalue weighted by Gasteiger charge is 2.52. The molecule has 0 N–H and O–H groups in total. The van der Waals surface area contributed by atoms with Gasteiger partial charge in [-0.05, 0) is 78.0 Å². The van der Waals surface area contributed by atoms with E-state index in [0.717, 1.165) is 30.7 Å². The van der Waals surface area contributed by atoms with Crippen LogP contribution in [-0.2, 0) is 11.8 Å². The molecule has 0 aromatic heterocycles. The lowest BCUT2D eigenvalue weighted by Gasteiger charge is -2.40. The number of carbonyl (C=O) groups excluding carboxylic acids is 1. The summed E-state index contributed by atoms with van der Waals surface area (Å²) < 4.78 is 0. The molecule has 0 aliphatic heterocycles. The van der Waals surface area contributed by atoms with Gasteiger partial charge in [-0.3, -0.25) is 4.79 Å². The van der Waals surface area contributed by atoms with E-state index < -0.39 is 0 Å². The molecular formula is C24H26O. The number of hydrogen-bond donors (Lipinski definition) is 0. The fraction of sp³-hybridized carbons (Fsp3) is 0.458. The van der Waals surface area contributed by atoms with Gasteiger partial charge in [-0.2, -0.15) is 0 Å². The zero-order chi connectivity index (χ0) is 17.0. The van der Waals surface area contributed by atoms with Crippen molar-refractivity contribution in [2.24, 2.45) is 11.8 Å². The fourth-order valence-corrected chi connectivity index (χ4v) is 5.68. The first kappa shape index (κ1) is 15.4. The van der Waals surface area contributed by atoms with E-state index in [1.807, 2.05) is 0 Å². The minimum atomic E-state index is 0.232. The average molecular weight is 330 g/mol. The van der Waals surface area contributed by atoms with Crippen molar-refractivity contribution < 1.29 is 4.79 Å². The maximum atomic E-state index is 12.7. The minimum absolute atomic E-state index is 0.232. The molecule has 0 amide bonds. The second-order valence-electron chi connectivity index (χ2n) is 8.45. The fourth-order valence-electron chi connectivity index (χ4n) is 5.68. The summed E-state index contributed by atoms with van der Waals surface area (Å²) in [5.41, 5.74) is 4.04. The molecule has 3 atom stereocenters. The van der Waals surface area contributed by atoms with Gasteiger partial charge >= 0.3 is 0 Å². The van der Waals surface area contributed by atoms with E-state index in [1.165, 1.54) is 47.6 Å². The molecule has 3 aliphatic rings. The van der Waals surface area contributed by atoms with E-state index in [4.69, 9.17) is 0 Å². The lowest BCUT2D eigenvalue weighted by atomic mass is 9.62. The van der Waals surface area contributed by atoms with Crippen LogP contribution < -0.4 is 0 Å². The number of rotatable bonds is 3. The van der Waals surface area contributed by atoms with Crippen LogP contribution in [0.25, 0.3) is 10.8 Å². The zero-order valence-electron chi connectivity index (χ0n) is 15.1. The maximum Gasteiger partial charge on any atom is 0.163 e. The van der Waals surface area contributed by atoms with E-state index in [-0.39, 0.29) is 5.41 Å². The predicted octanol–water partition coefficient (Wildman–Crippen LogP) is 5.99. The quantitative estimate of drug-likeness (QED) is 0.631. The predicted molar refractivity (Wildman–Crippen MR) is 103 cm³/mol. The lowest BCUT2D eigenvalue weighted by molar-refractivity contribution is 0.0944. The molecule has 0 saturated heterocycles. The van der Waals surface area contributed by atoms with Gasteiger partial charge in [-0.25, -0.2) is 0 Å². The Kier molecular flexibility index (Phi) is 3.42. The molecule has 5 rings (SSSR count). The van der Waals surface area contributed by atoms with E-state index in [1.54, 1.807) is 0 Å². The number of unbranched alkanes of at least 4 members (excludes halogenated alkanes) is 1. The van der Waals surface area contributed by atoms with Crippen molar-refractivity contribution in [3.63, 3.8) is 0 Å². The van der Waals surface area contributed by atoms with E-state index >= 15 is 0 Å². The lowest BCUT2D eigenvalue weighted by Crippen LogP contribution is -2.36. The third kappa shape index (κ3) is 2.25. The Balaban J connectivity index is 1.66. The van der Waals surface area contributed by atoms with Crippen LogP contribution >= 0.6 is 0 Å². The van der Waals surface area contributed by atoms with E-state index in [0.29, 0.717) is 11.7 Å². The van der Waals surface area contributed by atoms with Crippen LogP contribution in [0.15, 0.2) is 42.5 Å². The van der Waals surface area contributed by atoms with Gasteiger partial charge in [0.25, 0.3) is 0 Å². The highest BCUT2D eigenvalue weighted by molar-refractivity contribution is 6.03. The normalized spacial score (nSPS) is 29.7. The van der Waals surface area contributed by atoms with Crippen molar-refractivity contribution in [3.8, 4) is 0 Å². The highest BCUT2D eigenvalue weighted by Crippen LogP contribution is 2.58. The SMILES string of the molecule is CCCCc1ccc2cc3c(cc2c1)C1(CCC3=O)CC2C=CC1C2. The second-order valence-corrected chi connectivity index (χ2v) is 8.45. The standard InChI is InChI=1S/C24H26O/c1-2-3-4-16-5-7-18-13-21-22(14-19(18)11-16)24(10-9-23(21)25)15-17-6-8-20(24)12-17/h5-8,11,13-14,17,20H,2-4,9-10,12,15H2,1H3. The van der Waals surface area contributed by atoms with Crippen LogP contribution in [0.3, 0.4) is 0 Å². The highest BCUT2D eigenvalue weighted by atomic mass is 16.1. The molecule has 0 heterocycles. The van der Waals surface area contributed by atoms with Gasteiger partial charge in [0.1, 0.15) is 0 Å². The van der Waals surface area contributed by atoms with Crippen LogP contribution in [0, 0.1) is 11.8 Å². The van der Waals surface area contributed by atoms with Crippen molar-refractivity contribution >= 4 is 16.6 Å². The van der Waals surface area contributed by atoms with Gasteiger partial charge in [0.2, 0.25) is 0 Å². The molecule has 3 aliphatic carbocycles. The summed E-state index contributed by atoms with van der Waals surface area (Å²) in [4.78, 5) is 12.7. The number of Topliss-reactive ketones (excluding diaryl/α,β-unsaturated/α-hetero) is 1. The molecule has 128 valence electrons. The molecule has 2 aromatic rings. The van der Waals surface area contributed by atoms with Gasteiger partial charge in [0, 0.05) is 17.4 Å². The summed E-state index contributed by atoms with van der Waals surface area (Å²) in [5, 5.41) is 2.55. The first-order chi connectivity index (χ1) is 12.2. The molecule has 1 saturated carbocycles. The molecule has 25 heavy (non-hydrogen) atoms. The van der Waals surface area contributed by atoms with Crippen molar-refractivity contribution in [2.75, 3.05) is 0 Å². The summed E-state index contributed by atoms with van der Waals surface area (Å²) in [6.07, 6.45) is 12.8. The summed E-state index contributed by atoms with van der Waals surface area (Å²) in [5.74, 6) is 1.73. The van der Waals surface area contributed by atoms with Crippen LogP contribution in [0.4, 0.5) is 0 Å². The van der Waals surface area contributed by atoms with Gasteiger partial charge in [-0.15, -0.1) is 0 Å². The number of hydrogen-bond acceptors (Lipinski definition) is 1. The number of fused-ring (bicyclic) bond motifs is 6. The van der Waals surface area contributed by atoms with Crippen molar-refractivity contribution in [3.05, 3.63) is 59.2 Å². The van der Waals surface area contributed by atoms with Gasteiger partial charge < -0.3 is 0 Å². The molecule has 1 spiro atoms. The molecule has 0 radical (unpaired) electrons. The Bertz CT molecular complexity index is 890. The average Bonchev–Trinajstić information content (AvgIpc) is 3.24. The molecule has 2 bridgehead atoms. The maximum absolute atomic E-state index is 12.7. The van der Waals surface area contributed by atoms with E-state index in [9.17, 15) is 4.79 Å². The van der Waals surface area contributed by atoms with Crippen molar-refractivity contribution in [1.29, 1.82) is 0 Å². The van der Waals surface area contributed by atoms with Gasteiger partial charge in [0.05, 0.1) is 0 Å². The Labute approximate surface area is 150 Å². The van der Waals surface area contributed by atoms with Crippen LogP contribution in [0.2, 0.25) is 0 Å². The van der Waals surface area contributed by atoms with Crippen LogP contribution in [0.5, 0.6) is 0 Å². The monoisotopic (exact) mass is 330 g/mol. The Morgan fingerprint density at radius 1 is 1.12 bits per heavy atom. The number of aryl methyl sites for hydroxylation is 1. The third-order valence-electron chi connectivity index (χ3n) is 7.00. The Hall–Kier alpha value is -1.89. The molecule has 1 heteroatoms. The minimum Gasteiger partial charge on any atom is -0.294 e. The molecule has 1 nitrogen and oxygen atoms in total. The van der Waals surface area contributed by atoms with Crippen molar-refractivity contribution in [1.82, 2.24) is 0 Å². The smallest absolute Gasteiger partial charge is 0.163 e. The summed E-state index contributed by atoms with van der Waals surface area (Å²) in [7, 11) is 0. The molecule has 1 fully saturated rings. The number of allylic oxidation sites excluding steroid dienone is 2. The van der Waals surface area contributed by atoms with Crippen molar-refractivity contribution in [2.45, 2.75) is 57.3 Å². The molecule has 3 unspecified atom stereocenters. The zero-order valence-corrected chi connectivity index (χ0v) is 15.1. The van der Waals surface area contributed by atoms with Gasteiger partial charge in [-0.1, -0.05) is 43.7 Å². The van der Waals surface area contributed by atoms with E-state index in [2.05, 4.69) is 49.4 Å². The van der Waals surface area contributed by atoms with Gasteiger partial charge in [0.15, 0.2) is 5.78 Å². The third-order valence-corrected chi connectivity index (χ3v) is 7.00.